The highest BCUT2D eigenvalue weighted by atomic mass is 35.5. The predicted molar refractivity (Wildman–Crippen MR) is 147 cm³/mol. The smallest absolute Gasteiger partial charge is 0.303 e. The van der Waals surface area contributed by atoms with Gasteiger partial charge in [-0.25, -0.2) is 0 Å². The molecule has 0 fully saturated rings. The SMILES string of the molecule is CC(C)(CO)c1cc(Cl)cc([C@H](CC(=O)O)CC(=O)CNC(=O)c2cc(O)cc(CC3=NCC(O)CN3)c2)c1. The van der Waals surface area contributed by atoms with E-state index in [2.05, 4.69) is 15.6 Å². The number of ketones is 1. The third kappa shape index (κ3) is 8.77. The van der Waals surface area contributed by atoms with Gasteiger partial charge >= 0.3 is 5.97 Å². The number of halogens is 1. The molecule has 0 bridgehead atoms. The minimum Gasteiger partial charge on any atom is -0.508 e. The number of β-amino-alcohol motifs (C(OH)–C–C–N with tert-alkyl or cyclic N) is 1. The molecule has 1 aliphatic heterocycles. The molecule has 0 aromatic heterocycles. The van der Waals surface area contributed by atoms with E-state index in [-0.39, 0.29) is 49.6 Å². The van der Waals surface area contributed by atoms with Crippen molar-refractivity contribution in [1.82, 2.24) is 10.6 Å². The number of aliphatic hydroxyl groups is 2. The Morgan fingerprint density at radius 3 is 2.54 bits per heavy atom. The van der Waals surface area contributed by atoms with Crippen LogP contribution < -0.4 is 10.6 Å². The fraction of sp³-hybridized carbons (Fsp3) is 0.429. The van der Waals surface area contributed by atoms with Crippen LogP contribution in [0.15, 0.2) is 41.4 Å². The van der Waals surface area contributed by atoms with E-state index in [1.54, 1.807) is 24.3 Å². The van der Waals surface area contributed by atoms with E-state index in [0.29, 0.717) is 40.5 Å². The molecule has 0 saturated heterocycles. The van der Waals surface area contributed by atoms with Crippen LogP contribution in [0.25, 0.3) is 0 Å². The zero-order valence-electron chi connectivity index (χ0n) is 21.9. The van der Waals surface area contributed by atoms with Gasteiger partial charge < -0.3 is 31.1 Å². The van der Waals surface area contributed by atoms with Gasteiger partial charge in [-0.2, -0.15) is 0 Å². The van der Waals surface area contributed by atoms with Crippen LogP contribution in [0.3, 0.4) is 0 Å². The number of aliphatic carboxylic acids is 1. The number of amidine groups is 1. The summed E-state index contributed by atoms with van der Waals surface area (Å²) in [5.74, 6) is -2.21. The highest BCUT2D eigenvalue weighted by Crippen LogP contribution is 2.32. The van der Waals surface area contributed by atoms with Crippen LogP contribution in [0.2, 0.25) is 5.02 Å². The molecule has 1 unspecified atom stereocenters. The summed E-state index contributed by atoms with van der Waals surface area (Å²) in [6, 6.07) is 9.43. The number of carbonyl (C=O) groups excluding carboxylic acids is 2. The Morgan fingerprint density at radius 1 is 1.15 bits per heavy atom. The van der Waals surface area contributed by atoms with Gasteiger partial charge in [0.15, 0.2) is 5.78 Å². The molecule has 210 valence electrons. The highest BCUT2D eigenvalue weighted by Gasteiger charge is 2.25. The van der Waals surface area contributed by atoms with Crippen molar-refractivity contribution >= 4 is 35.1 Å². The first-order valence-corrected chi connectivity index (χ1v) is 13.0. The number of hydrogen-bond donors (Lipinski definition) is 6. The maximum atomic E-state index is 12.8. The number of nitrogens with one attached hydrogen (secondary N) is 2. The van der Waals surface area contributed by atoms with Crippen molar-refractivity contribution in [2.75, 3.05) is 26.2 Å². The molecule has 2 atom stereocenters. The summed E-state index contributed by atoms with van der Waals surface area (Å²) in [6.07, 6.45) is -0.690. The number of aliphatic hydroxyl groups excluding tert-OH is 2. The van der Waals surface area contributed by atoms with Crippen molar-refractivity contribution in [3.63, 3.8) is 0 Å². The number of amides is 1. The Hall–Kier alpha value is -3.47. The average molecular weight is 560 g/mol. The van der Waals surface area contributed by atoms with E-state index in [4.69, 9.17) is 11.6 Å². The monoisotopic (exact) mass is 559 g/mol. The molecule has 0 spiro atoms. The molecule has 2 aromatic rings. The number of phenolic OH excluding ortho intramolecular Hbond substituents is 1. The summed E-state index contributed by atoms with van der Waals surface area (Å²) in [5, 5.41) is 44.8. The Balaban J connectivity index is 1.68. The lowest BCUT2D eigenvalue weighted by molar-refractivity contribution is -0.137. The first kappa shape index (κ1) is 30.1. The van der Waals surface area contributed by atoms with E-state index < -0.39 is 29.3 Å². The average Bonchev–Trinajstić information content (AvgIpc) is 2.87. The summed E-state index contributed by atoms with van der Waals surface area (Å²) < 4.78 is 0. The standard InChI is InChI=1S/C28H34ClN3O7/c1-28(2,15-33)20-6-17(7-21(29)11-20)18(10-26(37)38)8-23(35)12-32-27(39)19-3-16(4-22(34)9-19)5-25-30-13-24(36)14-31-25/h3-4,6-7,9,11,18,24,33-34,36H,5,8,10,12-15H2,1-2H3,(H,30,31)(H,32,39)(H,37,38)/t18-/m0/s1. The van der Waals surface area contributed by atoms with Gasteiger partial charge in [0.1, 0.15) is 11.6 Å². The number of nitrogens with zero attached hydrogens (tertiary/aromatic N) is 1. The second-order valence-corrected chi connectivity index (χ2v) is 10.9. The maximum absolute atomic E-state index is 12.8. The van der Waals surface area contributed by atoms with E-state index in [9.17, 15) is 34.8 Å². The molecule has 0 saturated carbocycles. The number of Topliss-reactive ketones (excluding diaryl/α,β-unsaturated/α-hetero) is 1. The van der Waals surface area contributed by atoms with Crippen molar-refractivity contribution in [2.24, 2.45) is 4.99 Å². The van der Waals surface area contributed by atoms with Crippen LogP contribution in [0, 0.1) is 0 Å². The first-order valence-electron chi connectivity index (χ1n) is 12.6. The van der Waals surface area contributed by atoms with Crippen molar-refractivity contribution < 1.29 is 34.8 Å². The van der Waals surface area contributed by atoms with E-state index in [1.165, 1.54) is 12.1 Å². The third-order valence-corrected chi connectivity index (χ3v) is 6.77. The lowest BCUT2D eigenvalue weighted by atomic mass is 9.82. The molecule has 11 heteroatoms. The summed E-state index contributed by atoms with van der Waals surface area (Å²) in [7, 11) is 0. The largest absolute Gasteiger partial charge is 0.508 e. The molecule has 1 aliphatic rings. The van der Waals surface area contributed by atoms with Crippen LogP contribution in [-0.2, 0) is 21.4 Å². The number of benzene rings is 2. The number of phenols is 1. The van der Waals surface area contributed by atoms with Gasteiger partial charge in [-0.3, -0.25) is 19.4 Å². The molecule has 39 heavy (non-hydrogen) atoms. The van der Waals surface area contributed by atoms with Crippen molar-refractivity contribution in [1.29, 1.82) is 0 Å². The van der Waals surface area contributed by atoms with E-state index in [1.807, 2.05) is 13.8 Å². The quantitative estimate of drug-likeness (QED) is 0.230. The van der Waals surface area contributed by atoms with Crippen LogP contribution in [0.1, 0.15) is 59.7 Å². The fourth-order valence-electron chi connectivity index (χ4n) is 4.27. The lowest BCUT2D eigenvalue weighted by Crippen LogP contribution is -2.39. The molecule has 1 amide bonds. The van der Waals surface area contributed by atoms with Gasteiger partial charge in [0.2, 0.25) is 0 Å². The topological polar surface area (TPSA) is 169 Å². The number of hydrogen-bond acceptors (Lipinski definition) is 8. The highest BCUT2D eigenvalue weighted by molar-refractivity contribution is 6.30. The van der Waals surface area contributed by atoms with Gasteiger partial charge in [0.25, 0.3) is 5.91 Å². The number of rotatable bonds is 12. The maximum Gasteiger partial charge on any atom is 0.303 e. The first-order chi connectivity index (χ1) is 18.4. The molecule has 0 radical (unpaired) electrons. The lowest BCUT2D eigenvalue weighted by Gasteiger charge is -2.25. The van der Waals surface area contributed by atoms with Crippen molar-refractivity contribution in [2.45, 2.75) is 50.5 Å². The zero-order valence-corrected chi connectivity index (χ0v) is 22.7. The van der Waals surface area contributed by atoms with Crippen LogP contribution >= 0.6 is 11.6 Å². The molecular formula is C28H34ClN3O7. The second kappa shape index (κ2) is 13.1. The minimum absolute atomic E-state index is 0.121. The molecule has 0 aliphatic carbocycles. The van der Waals surface area contributed by atoms with Gasteiger partial charge in [0.05, 0.1) is 32.2 Å². The van der Waals surface area contributed by atoms with Crippen LogP contribution in [0.4, 0.5) is 0 Å². The fourth-order valence-corrected chi connectivity index (χ4v) is 4.51. The minimum atomic E-state index is -1.08. The van der Waals surface area contributed by atoms with Crippen molar-refractivity contribution in [3.8, 4) is 5.75 Å². The number of carboxylic acid groups (broad SMARTS) is 1. The Labute approximate surface area is 231 Å². The van der Waals surface area contributed by atoms with Gasteiger partial charge in [0, 0.05) is 41.3 Å². The van der Waals surface area contributed by atoms with E-state index in [0.717, 1.165) is 0 Å². The molecule has 1 heterocycles. The van der Waals surface area contributed by atoms with Crippen LogP contribution in [0.5, 0.6) is 5.75 Å². The molecular weight excluding hydrogens is 526 g/mol. The van der Waals surface area contributed by atoms with Gasteiger partial charge in [-0.05, 0) is 47.0 Å². The number of aromatic hydroxyl groups is 1. The van der Waals surface area contributed by atoms with Gasteiger partial charge in [-0.1, -0.05) is 31.5 Å². The second-order valence-electron chi connectivity index (χ2n) is 10.4. The summed E-state index contributed by atoms with van der Waals surface area (Å²) in [6.45, 7) is 3.81. The molecule has 3 rings (SSSR count). The van der Waals surface area contributed by atoms with Gasteiger partial charge in [-0.15, -0.1) is 0 Å². The summed E-state index contributed by atoms with van der Waals surface area (Å²) >= 11 is 6.28. The Bertz CT molecular complexity index is 1260. The van der Waals surface area contributed by atoms with E-state index >= 15 is 0 Å². The number of aliphatic imine (C=N–C) groups is 1. The predicted octanol–water partition coefficient (Wildman–Crippen LogP) is 2.17. The van der Waals surface area contributed by atoms with Crippen LogP contribution in [-0.4, -0.2) is 76.3 Å². The number of carboxylic acids is 1. The Morgan fingerprint density at radius 2 is 1.90 bits per heavy atom. The summed E-state index contributed by atoms with van der Waals surface area (Å²) in [4.78, 5) is 41.4. The number of carbonyl (C=O) groups is 3. The molecule has 2 aromatic carbocycles. The third-order valence-electron chi connectivity index (χ3n) is 6.56. The normalized spacial score (nSPS) is 16.1. The molecule has 6 N–H and O–H groups in total. The Kier molecular flexibility index (Phi) is 10.1. The zero-order chi connectivity index (χ0) is 28.7. The molecule has 10 nitrogen and oxygen atoms in total. The summed E-state index contributed by atoms with van der Waals surface area (Å²) in [5.41, 5.74) is 1.44. The van der Waals surface area contributed by atoms with Crippen molar-refractivity contribution in [3.05, 3.63) is 63.7 Å².